The highest BCUT2D eigenvalue weighted by molar-refractivity contribution is 5.60. The van der Waals surface area contributed by atoms with Gasteiger partial charge in [-0.3, -0.25) is 0 Å². The fraction of sp³-hybridized carbons (Fsp3) is 0.333. The van der Waals surface area contributed by atoms with Crippen LogP contribution in [-0.4, -0.2) is 13.1 Å². The average molecular weight is 284 g/mol. The summed E-state index contributed by atoms with van der Waals surface area (Å²) < 4.78 is 13.5. The molecular weight excluding hydrogens is 263 g/mol. The number of hydrogen-bond acceptors (Lipinski definition) is 2. The van der Waals surface area contributed by atoms with Gasteiger partial charge in [-0.25, -0.2) is 4.39 Å². The van der Waals surface area contributed by atoms with Crippen LogP contribution in [0.25, 0.3) is 0 Å². The van der Waals surface area contributed by atoms with Gasteiger partial charge < -0.3 is 10.6 Å². The van der Waals surface area contributed by atoms with Crippen molar-refractivity contribution in [2.24, 2.45) is 5.73 Å². The first kappa shape index (κ1) is 14.1. The van der Waals surface area contributed by atoms with Gasteiger partial charge in [-0.1, -0.05) is 24.3 Å². The van der Waals surface area contributed by atoms with E-state index in [-0.39, 0.29) is 5.82 Å². The van der Waals surface area contributed by atoms with Crippen molar-refractivity contribution in [3.05, 3.63) is 65.0 Å². The molecule has 2 N–H and O–H groups in total. The third-order valence-corrected chi connectivity index (χ3v) is 4.35. The van der Waals surface area contributed by atoms with Crippen molar-refractivity contribution >= 4 is 5.69 Å². The Morgan fingerprint density at radius 2 is 2.05 bits per heavy atom. The first-order valence-electron chi connectivity index (χ1n) is 7.48. The van der Waals surface area contributed by atoms with Gasteiger partial charge in [-0.2, -0.15) is 0 Å². The highest BCUT2D eigenvalue weighted by Gasteiger charge is 2.27. The molecule has 0 saturated carbocycles. The lowest BCUT2D eigenvalue weighted by Gasteiger charge is -2.21. The summed E-state index contributed by atoms with van der Waals surface area (Å²) in [4.78, 5) is 2.34. The molecule has 3 heteroatoms. The number of para-hydroxylation sites is 1. The van der Waals surface area contributed by atoms with Gasteiger partial charge in [0.1, 0.15) is 5.82 Å². The first-order valence-corrected chi connectivity index (χ1v) is 7.48. The summed E-state index contributed by atoms with van der Waals surface area (Å²) in [6, 6.07) is 13.5. The van der Waals surface area contributed by atoms with Crippen molar-refractivity contribution in [2.45, 2.75) is 25.8 Å². The lowest BCUT2D eigenvalue weighted by atomic mass is 9.98. The molecule has 2 aromatic rings. The van der Waals surface area contributed by atoms with Crippen LogP contribution in [0.2, 0.25) is 0 Å². The van der Waals surface area contributed by atoms with E-state index in [0.29, 0.717) is 12.5 Å². The third kappa shape index (κ3) is 2.79. The van der Waals surface area contributed by atoms with Gasteiger partial charge >= 0.3 is 0 Å². The fourth-order valence-electron chi connectivity index (χ4n) is 3.20. The maximum Gasteiger partial charge on any atom is 0.123 e. The molecule has 0 aliphatic carbocycles. The second kappa shape index (κ2) is 5.86. The number of anilines is 1. The number of rotatable bonds is 4. The van der Waals surface area contributed by atoms with E-state index in [1.807, 2.05) is 13.0 Å². The van der Waals surface area contributed by atoms with E-state index in [2.05, 4.69) is 29.2 Å². The number of benzene rings is 2. The van der Waals surface area contributed by atoms with Crippen LogP contribution in [0.4, 0.5) is 10.1 Å². The molecular formula is C18H21FN2. The molecule has 1 unspecified atom stereocenters. The molecule has 21 heavy (non-hydrogen) atoms. The molecule has 1 aliphatic heterocycles. The lowest BCUT2D eigenvalue weighted by molar-refractivity contribution is 0.620. The Morgan fingerprint density at radius 1 is 1.24 bits per heavy atom. The number of hydrogen-bond donors (Lipinski definition) is 1. The topological polar surface area (TPSA) is 29.3 Å². The van der Waals surface area contributed by atoms with Crippen LogP contribution in [-0.2, 0) is 6.54 Å². The van der Waals surface area contributed by atoms with Gasteiger partial charge in [0.2, 0.25) is 0 Å². The molecule has 0 bridgehead atoms. The second-order valence-corrected chi connectivity index (χ2v) is 5.78. The molecule has 0 radical (unpaired) electrons. The van der Waals surface area contributed by atoms with Gasteiger partial charge in [0.15, 0.2) is 0 Å². The maximum atomic E-state index is 13.5. The normalized spacial score (nSPS) is 17.1. The van der Waals surface area contributed by atoms with Gasteiger partial charge in [0.05, 0.1) is 0 Å². The summed E-state index contributed by atoms with van der Waals surface area (Å²) in [5, 5.41) is 0. The highest BCUT2D eigenvalue weighted by atomic mass is 19.1. The Labute approximate surface area is 125 Å². The van der Waals surface area contributed by atoms with Gasteiger partial charge in [-0.15, -0.1) is 0 Å². The van der Waals surface area contributed by atoms with Crippen LogP contribution in [0, 0.1) is 12.7 Å². The Balaban J connectivity index is 1.88. The van der Waals surface area contributed by atoms with Gasteiger partial charge in [0, 0.05) is 24.7 Å². The van der Waals surface area contributed by atoms with Gasteiger partial charge in [0.25, 0.3) is 0 Å². The molecule has 0 amide bonds. The van der Waals surface area contributed by atoms with Crippen molar-refractivity contribution in [1.29, 1.82) is 0 Å². The fourth-order valence-corrected chi connectivity index (χ4v) is 3.20. The van der Waals surface area contributed by atoms with Crippen molar-refractivity contribution < 1.29 is 4.39 Å². The van der Waals surface area contributed by atoms with Crippen LogP contribution in [0.5, 0.6) is 0 Å². The Hall–Kier alpha value is -1.87. The number of halogens is 1. The maximum absolute atomic E-state index is 13.5. The molecule has 1 heterocycles. The number of aryl methyl sites for hydroxylation is 1. The van der Waals surface area contributed by atoms with E-state index >= 15 is 0 Å². The lowest BCUT2D eigenvalue weighted by Crippen LogP contribution is -2.22. The smallest absolute Gasteiger partial charge is 0.123 e. The highest BCUT2D eigenvalue weighted by Crippen LogP contribution is 2.38. The van der Waals surface area contributed by atoms with Crippen molar-refractivity contribution in [3.8, 4) is 0 Å². The van der Waals surface area contributed by atoms with E-state index < -0.39 is 0 Å². The number of nitrogens with two attached hydrogens (primary N) is 1. The van der Waals surface area contributed by atoms with Crippen molar-refractivity contribution in [3.63, 3.8) is 0 Å². The zero-order valence-corrected chi connectivity index (χ0v) is 12.3. The molecule has 1 atom stereocenters. The Morgan fingerprint density at radius 3 is 2.86 bits per heavy atom. The van der Waals surface area contributed by atoms with Crippen LogP contribution in [0.1, 0.15) is 29.0 Å². The summed E-state index contributed by atoms with van der Waals surface area (Å²) in [5.74, 6) is 0.321. The molecule has 1 aliphatic rings. The summed E-state index contributed by atoms with van der Waals surface area (Å²) >= 11 is 0. The quantitative estimate of drug-likeness (QED) is 0.929. The summed E-state index contributed by atoms with van der Waals surface area (Å²) in [5.41, 5.74) is 10.6. The van der Waals surface area contributed by atoms with Crippen LogP contribution in [0.3, 0.4) is 0 Å². The average Bonchev–Trinajstić information content (AvgIpc) is 2.82. The summed E-state index contributed by atoms with van der Waals surface area (Å²) in [6.45, 7) is 4.45. The van der Waals surface area contributed by atoms with E-state index in [9.17, 15) is 4.39 Å². The minimum atomic E-state index is -0.165. The Kier molecular flexibility index (Phi) is 3.93. The zero-order chi connectivity index (χ0) is 14.8. The SMILES string of the molecule is Cc1ccc(F)cc1CN1CC(CCN)c2ccccc21. The molecule has 2 nitrogen and oxygen atoms in total. The van der Waals surface area contributed by atoms with Crippen LogP contribution in [0.15, 0.2) is 42.5 Å². The van der Waals surface area contributed by atoms with Crippen molar-refractivity contribution in [2.75, 3.05) is 18.0 Å². The van der Waals surface area contributed by atoms with Crippen molar-refractivity contribution in [1.82, 2.24) is 0 Å². The molecule has 0 saturated heterocycles. The minimum Gasteiger partial charge on any atom is -0.366 e. The largest absolute Gasteiger partial charge is 0.366 e. The van der Waals surface area contributed by atoms with Crippen LogP contribution >= 0.6 is 0 Å². The van der Waals surface area contributed by atoms with Gasteiger partial charge in [-0.05, 0) is 54.8 Å². The Bertz CT molecular complexity index is 639. The monoisotopic (exact) mass is 284 g/mol. The minimum absolute atomic E-state index is 0.165. The first-order chi connectivity index (χ1) is 10.2. The number of fused-ring (bicyclic) bond motifs is 1. The molecule has 0 fully saturated rings. The molecule has 0 aromatic heterocycles. The molecule has 2 aromatic carbocycles. The predicted octanol–water partition coefficient (Wildman–Crippen LogP) is 3.59. The molecule has 3 rings (SSSR count). The number of nitrogens with zero attached hydrogens (tertiary/aromatic N) is 1. The standard InChI is InChI=1S/C18H21FN2/c1-13-6-7-16(19)10-15(13)12-21-11-14(8-9-20)17-4-2-3-5-18(17)21/h2-7,10,14H,8-9,11-12,20H2,1H3. The molecule has 110 valence electrons. The van der Waals surface area contributed by atoms with E-state index in [1.165, 1.54) is 17.3 Å². The summed E-state index contributed by atoms with van der Waals surface area (Å²) in [7, 11) is 0. The zero-order valence-electron chi connectivity index (χ0n) is 12.3. The van der Waals surface area contributed by atoms with E-state index in [0.717, 1.165) is 30.6 Å². The summed E-state index contributed by atoms with van der Waals surface area (Å²) in [6.07, 6.45) is 0.996. The molecule has 0 spiro atoms. The second-order valence-electron chi connectivity index (χ2n) is 5.78. The predicted molar refractivity (Wildman–Crippen MR) is 85.0 cm³/mol. The van der Waals surface area contributed by atoms with E-state index in [4.69, 9.17) is 5.73 Å². The van der Waals surface area contributed by atoms with E-state index in [1.54, 1.807) is 6.07 Å². The third-order valence-electron chi connectivity index (χ3n) is 4.35. The van der Waals surface area contributed by atoms with Crippen LogP contribution < -0.4 is 10.6 Å².